The molecule has 0 aliphatic carbocycles. The normalized spacial score (nSPS) is 11.0. The van der Waals surface area contributed by atoms with E-state index in [2.05, 4.69) is 50.3 Å². The summed E-state index contributed by atoms with van der Waals surface area (Å²) < 4.78 is 1.87. The summed E-state index contributed by atoms with van der Waals surface area (Å²) in [5, 5.41) is 16.5. The van der Waals surface area contributed by atoms with Crippen molar-refractivity contribution < 1.29 is 0 Å². The van der Waals surface area contributed by atoms with Gasteiger partial charge in [-0.25, -0.2) is 4.99 Å². The molecule has 2 aromatic rings. The van der Waals surface area contributed by atoms with E-state index in [0.717, 1.165) is 31.3 Å². The van der Waals surface area contributed by atoms with Gasteiger partial charge in [0.05, 0.1) is 0 Å². The first-order valence-electron chi connectivity index (χ1n) is 6.67. The Bertz CT molecular complexity index is 537. The molecule has 0 saturated heterocycles. The Morgan fingerprint density at radius 2 is 2.29 bits per heavy atom. The number of rotatable bonds is 6. The fraction of sp³-hybridized carbons (Fsp3) is 0.462. The second-order valence-electron chi connectivity index (χ2n) is 4.31. The first-order valence-corrected chi connectivity index (χ1v) is 7.55. The molecule has 6 nitrogen and oxygen atoms in total. The Morgan fingerprint density at radius 1 is 1.43 bits per heavy atom. The van der Waals surface area contributed by atoms with Crippen molar-refractivity contribution in [2.75, 3.05) is 13.1 Å². The quantitative estimate of drug-likeness (QED) is 0.425. The first-order chi connectivity index (χ1) is 9.79. The van der Waals surface area contributed by atoms with Gasteiger partial charge >= 0.3 is 0 Å². The molecule has 0 spiro atoms. The molecular formula is C13H21IN6S. The lowest BCUT2D eigenvalue weighted by Gasteiger charge is -2.10. The zero-order valence-corrected chi connectivity index (χ0v) is 15.4. The molecule has 8 heteroatoms. The molecule has 0 aliphatic heterocycles. The van der Waals surface area contributed by atoms with Crippen LogP contribution in [0.5, 0.6) is 0 Å². The molecule has 2 aromatic heterocycles. The number of guanidine groups is 1. The van der Waals surface area contributed by atoms with Crippen molar-refractivity contribution in [3.8, 4) is 0 Å². The third-order valence-corrected chi connectivity index (χ3v) is 3.71. The highest BCUT2D eigenvalue weighted by molar-refractivity contribution is 14.0. The van der Waals surface area contributed by atoms with Gasteiger partial charge in [0.1, 0.15) is 12.9 Å². The van der Waals surface area contributed by atoms with Gasteiger partial charge in [-0.15, -0.1) is 45.5 Å². The molecule has 0 fully saturated rings. The van der Waals surface area contributed by atoms with Crippen LogP contribution in [-0.4, -0.2) is 33.8 Å². The van der Waals surface area contributed by atoms with Crippen LogP contribution in [0, 0.1) is 0 Å². The SMILES string of the molecule is CCNC(=NCc1nncn1C)NCCc1cccs1.I. The number of nitrogens with zero attached hydrogens (tertiary/aromatic N) is 4. The maximum Gasteiger partial charge on any atom is 0.191 e. The minimum Gasteiger partial charge on any atom is -0.357 e. The zero-order valence-electron chi connectivity index (χ0n) is 12.2. The van der Waals surface area contributed by atoms with Crippen molar-refractivity contribution in [2.45, 2.75) is 19.9 Å². The lowest BCUT2D eigenvalue weighted by molar-refractivity contribution is 0.764. The van der Waals surface area contributed by atoms with Crippen molar-refractivity contribution in [3.05, 3.63) is 34.5 Å². The minimum absolute atomic E-state index is 0. The van der Waals surface area contributed by atoms with Crippen LogP contribution in [0.15, 0.2) is 28.8 Å². The Morgan fingerprint density at radius 3 is 2.90 bits per heavy atom. The Kier molecular flexibility index (Phi) is 8.28. The van der Waals surface area contributed by atoms with Crippen LogP contribution >= 0.6 is 35.3 Å². The predicted molar refractivity (Wildman–Crippen MR) is 97.3 cm³/mol. The van der Waals surface area contributed by atoms with Crippen LogP contribution in [0.4, 0.5) is 0 Å². The number of halogens is 1. The summed E-state index contributed by atoms with van der Waals surface area (Å²) in [6.07, 6.45) is 2.69. The number of aryl methyl sites for hydroxylation is 1. The van der Waals surface area contributed by atoms with E-state index in [0.29, 0.717) is 6.54 Å². The number of aliphatic imine (C=N–C) groups is 1. The van der Waals surface area contributed by atoms with Gasteiger partial charge in [0, 0.05) is 25.0 Å². The highest BCUT2D eigenvalue weighted by atomic mass is 127. The van der Waals surface area contributed by atoms with Gasteiger partial charge in [-0.05, 0) is 24.8 Å². The van der Waals surface area contributed by atoms with Crippen molar-refractivity contribution in [1.82, 2.24) is 25.4 Å². The van der Waals surface area contributed by atoms with Crippen LogP contribution in [0.1, 0.15) is 17.6 Å². The van der Waals surface area contributed by atoms with Gasteiger partial charge in [0.15, 0.2) is 11.8 Å². The van der Waals surface area contributed by atoms with Crippen molar-refractivity contribution in [2.24, 2.45) is 12.0 Å². The molecular weight excluding hydrogens is 399 g/mol. The third-order valence-electron chi connectivity index (χ3n) is 2.77. The summed E-state index contributed by atoms with van der Waals surface area (Å²) in [5.74, 6) is 1.66. The van der Waals surface area contributed by atoms with Gasteiger partial charge in [0.25, 0.3) is 0 Å². The number of nitrogens with one attached hydrogen (secondary N) is 2. The van der Waals surface area contributed by atoms with Crippen molar-refractivity contribution in [3.63, 3.8) is 0 Å². The standard InChI is InChI=1S/C13H20N6S.HI/c1-3-14-13(15-7-6-11-5-4-8-20-11)16-9-12-18-17-10-19(12)2;/h4-5,8,10H,3,6-7,9H2,1-2H3,(H2,14,15,16);1H. The maximum atomic E-state index is 4.51. The molecule has 116 valence electrons. The smallest absolute Gasteiger partial charge is 0.191 e. The van der Waals surface area contributed by atoms with E-state index in [-0.39, 0.29) is 24.0 Å². The lowest BCUT2D eigenvalue weighted by Crippen LogP contribution is -2.38. The van der Waals surface area contributed by atoms with E-state index in [9.17, 15) is 0 Å². The zero-order chi connectivity index (χ0) is 14.2. The third kappa shape index (κ3) is 6.00. The minimum atomic E-state index is 0. The molecule has 0 amide bonds. The highest BCUT2D eigenvalue weighted by Crippen LogP contribution is 2.07. The van der Waals surface area contributed by atoms with Crippen molar-refractivity contribution in [1.29, 1.82) is 0 Å². The van der Waals surface area contributed by atoms with Crippen LogP contribution in [-0.2, 0) is 20.0 Å². The number of thiophene rings is 1. The van der Waals surface area contributed by atoms with Gasteiger partial charge in [-0.1, -0.05) is 6.07 Å². The summed E-state index contributed by atoms with van der Waals surface area (Å²) in [7, 11) is 1.92. The van der Waals surface area contributed by atoms with E-state index in [1.165, 1.54) is 4.88 Å². The van der Waals surface area contributed by atoms with E-state index >= 15 is 0 Å². The topological polar surface area (TPSA) is 67.1 Å². The molecule has 0 aliphatic rings. The lowest BCUT2D eigenvalue weighted by atomic mass is 10.3. The molecule has 0 unspecified atom stereocenters. The Hall–Kier alpha value is -1.16. The summed E-state index contributed by atoms with van der Waals surface area (Å²) >= 11 is 1.78. The Balaban J connectivity index is 0.00000220. The van der Waals surface area contributed by atoms with Gasteiger partial charge in [0.2, 0.25) is 0 Å². The van der Waals surface area contributed by atoms with E-state index in [4.69, 9.17) is 0 Å². The molecule has 0 radical (unpaired) electrons. The average molecular weight is 420 g/mol. The highest BCUT2D eigenvalue weighted by Gasteiger charge is 2.01. The summed E-state index contributed by atoms with van der Waals surface area (Å²) in [4.78, 5) is 5.89. The number of aromatic nitrogens is 3. The van der Waals surface area contributed by atoms with E-state index in [1.54, 1.807) is 17.7 Å². The fourth-order valence-electron chi connectivity index (χ4n) is 1.70. The molecule has 0 bridgehead atoms. The molecule has 2 rings (SSSR count). The second-order valence-corrected chi connectivity index (χ2v) is 5.34. The second kappa shape index (κ2) is 9.72. The van der Waals surface area contributed by atoms with Gasteiger partial charge in [-0.3, -0.25) is 0 Å². The van der Waals surface area contributed by atoms with E-state index < -0.39 is 0 Å². The molecule has 21 heavy (non-hydrogen) atoms. The largest absolute Gasteiger partial charge is 0.357 e. The molecule has 0 atom stereocenters. The summed E-state index contributed by atoms with van der Waals surface area (Å²) in [6, 6.07) is 4.23. The fourth-order valence-corrected chi connectivity index (χ4v) is 2.41. The molecule has 0 saturated carbocycles. The van der Waals surface area contributed by atoms with Crippen LogP contribution in [0.3, 0.4) is 0 Å². The van der Waals surface area contributed by atoms with Gasteiger partial charge in [-0.2, -0.15) is 0 Å². The monoisotopic (exact) mass is 420 g/mol. The summed E-state index contributed by atoms with van der Waals surface area (Å²) in [6.45, 7) is 4.28. The molecule has 0 aromatic carbocycles. The van der Waals surface area contributed by atoms with E-state index in [1.807, 2.05) is 11.6 Å². The van der Waals surface area contributed by atoms with Gasteiger partial charge < -0.3 is 15.2 Å². The first kappa shape index (κ1) is 17.9. The number of hydrogen-bond acceptors (Lipinski definition) is 4. The predicted octanol–water partition coefficient (Wildman–Crippen LogP) is 1.79. The van der Waals surface area contributed by atoms with Crippen molar-refractivity contribution >= 4 is 41.3 Å². The van der Waals surface area contributed by atoms with Crippen LogP contribution < -0.4 is 10.6 Å². The van der Waals surface area contributed by atoms with Crippen LogP contribution in [0.2, 0.25) is 0 Å². The van der Waals surface area contributed by atoms with Crippen LogP contribution in [0.25, 0.3) is 0 Å². The molecule has 2 N–H and O–H groups in total. The Labute approximate surface area is 146 Å². The maximum absolute atomic E-state index is 4.51. The summed E-state index contributed by atoms with van der Waals surface area (Å²) in [5.41, 5.74) is 0. The molecule has 2 heterocycles. The number of hydrogen-bond donors (Lipinski definition) is 2. The average Bonchev–Trinajstić information content (AvgIpc) is 3.08.